The van der Waals surface area contributed by atoms with Crippen molar-refractivity contribution in [1.29, 1.82) is 0 Å². The fourth-order valence-electron chi connectivity index (χ4n) is 1.83. The van der Waals surface area contributed by atoms with Gasteiger partial charge in [-0.05, 0) is 6.92 Å². The minimum atomic E-state index is -2.82. The number of rotatable bonds is 3. The van der Waals surface area contributed by atoms with Crippen LogP contribution >= 0.6 is 0 Å². The van der Waals surface area contributed by atoms with Crippen LogP contribution in [0.5, 0.6) is 0 Å². The highest BCUT2D eigenvalue weighted by atomic mass is 19.3. The molecule has 0 saturated carbocycles. The van der Waals surface area contributed by atoms with Gasteiger partial charge in [0.05, 0.1) is 5.69 Å². The van der Waals surface area contributed by atoms with Crippen LogP contribution in [0.25, 0.3) is 11.0 Å². The van der Waals surface area contributed by atoms with E-state index in [0.29, 0.717) is 0 Å². The number of halogens is 2. The van der Waals surface area contributed by atoms with Gasteiger partial charge in [0.1, 0.15) is 12.2 Å². The molecule has 2 rings (SSSR count). The van der Waals surface area contributed by atoms with Gasteiger partial charge in [0.15, 0.2) is 0 Å². The molecular weight excluding hydrogens is 248 g/mol. The Bertz CT molecular complexity index is 675. The largest absolute Gasteiger partial charge is 0.480 e. The first-order chi connectivity index (χ1) is 8.40. The molecule has 2 N–H and O–H groups in total. The Hall–Kier alpha value is -2.25. The molecule has 0 aliphatic carbocycles. The molecule has 0 fully saturated rings. The maximum Gasteiger partial charge on any atom is 0.325 e. The normalized spacial score (nSPS) is 11.3. The highest BCUT2D eigenvalue weighted by Gasteiger charge is 2.19. The topological polar surface area (TPSA) is 88.0 Å². The van der Waals surface area contributed by atoms with E-state index in [4.69, 9.17) is 5.11 Å². The minimum absolute atomic E-state index is 0.00213. The molecule has 0 spiro atoms. The van der Waals surface area contributed by atoms with Gasteiger partial charge in [0.2, 0.25) is 5.56 Å². The van der Waals surface area contributed by atoms with Crippen LogP contribution in [0.15, 0.2) is 10.9 Å². The third-order valence-corrected chi connectivity index (χ3v) is 2.46. The molecule has 0 unspecified atom stereocenters. The zero-order valence-electron chi connectivity index (χ0n) is 9.28. The number of nitrogens with one attached hydrogen (secondary N) is 1. The summed E-state index contributed by atoms with van der Waals surface area (Å²) in [6, 6.07) is 0.798. The Morgan fingerprint density at radius 3 is 2.83 bits per heavy atom. The smallest absolute Gasteiger partial charge is 0.325 e. The molecular formula is C10H9F2N3O3. The maximum absolute atomic E-state index is 12.8. The standard InChI is InChI=1S/C10H9F2N3O3/c1-4-8-5(9(11)12)2-6(16)13-10(8)15(14-4)3-7(17)18/h2,9H,3H2,1H3,(H,13,16)(H,17,18). The molecule has 2 heterocycles. The Morgan fingerprint density at radius 2 is 2.28 bits per heavy atom. The molecule has 6 nitrogen and oxygen atoms in total. The van der Waals surface area contributed by atoms with E-state index in [9.17, 15) is 18.4 Å². The van der Waals surface area contributed by atoms with Crippen LogP contribution in [0, 0.1) is 6.92 Å². The Labute approximate surface area is 98.8 Å². The number of carbonyl (C=O) groups is 1. The van der Waals surface area contributed by atoms with Crippen LogP contribution in [0.3, 0.4) is 0 Å². The number of aromatic nitrogens is 3. The highest BCUT2D eigenvalue weighted by molar-refractivity contribution is 5.83. The van der Waals surface area contributed by atoms with Gasteiger partial charge in [-0.2, -0.15) is 5.10 Å². The van der Waals surface area contributed by atoms with Gasteiger partial charge in [-0.15, -0.1) is 0 Å². The predicted molar refractivity (Wildman–Crippen MR) is 57.7 cm³/mol. The van der Waals surface area contributed by atoms with Crippen molar-refractivity contribution in [3.05, 3.63) is 27.7 Å². The molecule has 96 valence electrons. The lowest BCUT2D eigenvalue weighted by Gasteiger charge is -2.02. The second kappa shape index (κ2) is 4.21. The monoisotopic (exact) mass is 257 g/mol. The van der Waals surface area contributed by atoms with E-state index in [0.717, 1.165) is 10.7 Å². The van der Waals surface area contributed by atoms with Gasteiger partial charge in [-0.1, -0.05) is 0 Å². The molecule has 18 heavy (non-hydrogen) atoms. The zero-order valence-corrected chi connectivity index (χ0v) is 9.28. The number of aliphatic carboxylic acids is 1. The molecule has 0 bridgehead atoms. The van der Waals surface area contributed by atoms with Crippen molar-refractivity contribution >= 4 is 17.0 Å². The van der Waals surface area contributed by atoms with E-state index < -0.39 is 30.1 Å². The van der Waals surface area contributed by atoms with Crippen molar-refractivity contribution in [3.63, 3.8) is 0 Å². The summed E-state index contributed by atoms with van der Waals surface area (Å²) in [6.07, 6.45) is -2.82. The number of carboxylic acids is 1. The number of fused-ring (bicyclic) bond motifs is 1. The number of pyridine rings is 1. The summed E-state index contributed by atoms with van der Waals surface area (Å²) in [4.78, 5) is 24.2. The van der Waals surface area contributed by atoms with Gasteiger partial charge < -0.3 is 10.1 Å². The van der Waals surface area contributed by atoms with E-state index in [1.807, 2.05) is 0 Å². The maximum atomic E-state index is 12.8. The Morgan fingerprint density at radius 1 is 1.61 bits per heavy atom. The summed E-state index contributed by atoms with van der Waals surface area (Å²) >= 11 is 0. The third-order valence-electron chi connectivity index (χ3n) is 2.46. The molecule has 2 aromatic heterocycles. The molecule has 0 aromatic carbocycles. The summed E-state index contributed by atoms with van der Waals surface area (Å²) in [6.45, 7) is 0.970. The van der Waals surface area contributed by atoms with Gasteiger partial charge in [-0.25, -0.2) is 13.5 Å². The number of hydrogen-bond acceptors (Lipinski definition) is 3. The SMILES string of the molecule is Cc1nn(CC(=O)O)c2[nH]c(=O)cc(C(F)F)c12. The zero-order chi connectivity index (χ0) is 13.4. The fraction of sp³-hybridized carbons (Fsp3) is 0.300. The van der Waals surface area contributed by atoms with E-state index in [2.05, 4.69) is 10.1 Å². The van der Waals surface area contributed by atoms with E-state index >= 15 is 0 Å². The second-order valence-corrected chi connectivity index (χ2v) is 3.75. The quantitative estimate of drug-likeness (QED) is 0.860. The third kappa shape index (κ3) is 1.96. The first kappa shape index (κ1) is 12.2. The molecule has 0 atom stereocenters. The summed E-state index contributed by atoms with van der Waals surface area (Å²) < 4.78 is 26.6. The summed E-state index contributed by atoms with van der Waals surface area (Å²) in [5, 5.41) is 12.6. The fourth-order valence-corrected chi connectivity index (χ4v) is 1.83. The van der Waals surface area contributed by atoms with Gasteiger partial charge in [0.25, 0.3) is 6.43 Å². The van der Waals surface area contributed by atoms with Gasteiger partial charge in [0, 0.05) is 17.0 Å². The highest BCUT2D eigenvalue weighted by Crippen LogP contribution is 2.27. The number of carboxylic acid groups (broad SMARTS) is 1. The van der Waals surface area contributed by atoms with Crippen LogP contribution in [-0.4, -0.2) is 25.8 Å². The summed E-state index contributed by atoms with van der Waals surface area (Å²) in [7, 11) is 0. The number of alkyl halides is 2. The number of aromatic amines is 1. The average molecular weight is 257 g/mol. The van der Waals surface area contributed by atoms with Crippen LogP contribution in [0.4, 0.5) is 8.78 Å². The van der Waals surface area contributed by atoms with Crippen molar-refractivity contribution in [2.45, 2.75) is 19.9 Å². The van der Waals surface area contributed by atoms with Gasteiger partial charge >= 0.3 is 5.97 Å². The molecule has 0 radical (unpaired) electrons. The van der Waals surface area contributed by atoms with Crippen molar-refractivity contribution in [1.82, 2.24) is 14.8 Å². The number of hydrogen-bond donors (Lipinski definition) is 2. The number of nitrogens with zero attached hydrogens (tertiary/aromatic N) is 2. The molecule has 0 amide bonds. The lowest BCUT2D eigenvalue weighted by molar-refractivity contribution is -0.137. The van der Waals surface area contributed by atoms with Crippen LogP contribution in [0.1, 0.15) is 17.7 Å². The van der Waals surface area contributed by atoms with Crippen LogP contribution in [-0.2, 0) is 11.3 Å². The Balaban J connectivity index is 2.79. The van der Waals surface area contributed by atoms with Crippen molar-refractivity contribution < 1.29 is 18.7 Å². The Kier molecular flexibility index (Phi) is 2.85. The predicted octanol–water partition coefficient (Wildman–Crippen LogP) is 1.06. The molecule has 0 aliphatic heterocycles. The number of aryl methyl sites for hydroxylation is 1. The van der Waals surface area contributed by atoms with Crippen molar-refractivity contribution in [2.75, 3.05) is 0 Å². The van der Waals surface area contributed by atoms with Crippen molar-refractivity contribution in [3.8, 4) is 0 Å². The molecule has 0 saturated heterocycles. The number of H-pyrrole nitrogens is 1. The average Bonchev–Trinajstić information content (AvgIpc) is 2.53. The van der Waals surface area contributed by atoms with E-state index in [1.165, 1.54) is 6.92 Å². The summed E-state index contributed by atoms with van der Waals surface area (Å²) in [5.74, 6) is -1.18. The van der Waals surface area contributed by atoms with E-state index in [1.54, 1.807) is 0 Å². The minimum Gasteiger partial charge on any atom is -0.480 e. The first-order valence-electron chi connectivity index (χ1n) is 5.00. The summed E-state index contributed by atoms with van der Waals surface area (Å²) in [5.41, 5.74) is -0.914. The first-order valence-corrected chi connectivity index (χ1v) is 5.00. The molecule has 0 aliphatic rings. The van der Waals surface area contributed by atoms with Gasteiger partial charge in [-0.3, -0.25) is 9.59 Å². The lowest BCUT2D eigenvalue weighted by atomic mass is 10.1. The molecule has 2 aromatic rings. The second-order valence-electron chi connectivity index (χ2n) is 3.75. The van der Waals surface area contributed by atoms with Crippen LogP contribution in [0.2, 0.25) is 0 Å². The van der Waals surface area contributed by atoms with E-state index in [-0.39, 0.29) is 16.7 Å². The molecule has 8 heteroatoms. The van der Waals surface area contributed by atoms with Crippen LogP contribution < -0.4 is 5.56 Å². The van der Waals surface area contributed by atoms with Crippen molar-refractivity contribution in [2.24, 2.45) is 0 Å². The lowest BCUT2D eigenvalue weighted by Crippen LogP contribution is -2.14.